The van der Waals surface area contributed by atoms with Gasteiger partial charge in [-0.15, -0.1) is 0 Å². The molecule has 0 fully saturated rings. The van der Waals surface area contributed by atoms with Gasteiger partial charge in [0.25, 0.3) is 5.69 Å². The number of nitro benzene ring substituents is 1. The first-order valence-corrected chi connectivity index (χ1v) is 9.07. The fourth-order valence-electron chi connectivity index (χ4n) is 2.40. The highest BCUT2D eigenvalue weighted by Crippen LogP contribution is 2.30. The second kappa shape index (κ2) is 7.08. The third kappa shape index (κ3) is 4.06. The number of nitrogens with one attached hydrogen (secondary N) is 1. The van der Waals surface area contributed by atoms with Crippen molar-refractivity contribution in [2.75, 3.05) is 19.8 Å². The second-order valence-electron chi connectivity index (χ2n) is 5.38. The van der Waals surface area contributed by atoms with E-state index in [0.717, 1.165) is 17.7 Å². The summed E-state index contributed by atoms with van der Waals surface area (Å²) in [5.41, 5.74) is 0.755. The molecule has 1 heterocycles. The summed E-state index contributed by atoms with van der Waals surface area (Å²) in [5, 5.41) is 10.6. The van der Waals surface area contributed by atoms with Gasteiger partial charge in [-0.05, 0) is 36.2 Å². The minimum atomic E-state index is -3.72. The lowest BCUT2D eigenvalue weighted by atomic mass is 10.1. The van der Waals surface area contributed by atoms with E-state index in [1.165, 1.54) is 12.1 Å². The van der Waals surface area contributed by atoms with Gasteiger partial charge >= 0.3 is 0 Å². The van der Waals surface area contributed by atoms with Gasteiger partial charge in [0.1, 0.15) is 13.2 Å². The molecule has 8 nitrogen and oxygen atoms in total. The van der Waals surface area contributed by atoms with E-state index in [2.05, 4.69) is 4.72 Å². The van der Waals surface area contributed by atoms with Gasteiger partial charge in [0.2, 0.25) is 10.0 Å². The van der Waals surface area contributed by atoms with Gasteiger partial charge < -0.3 is 9.47 Å². The first-order chi connectivity index (χ1) is 12.0. The Morgan fingerprint density at radius 1 is 1.04 bits per heavy atom. The maximum atomic E-state index is 12.2. The molecule has 0 bridgehead atoms. The van der Waals surface area contributed by atoms with Gasteiger partial charge in [-0.1, -0.05) is 6.07 Å². The van der Waals surface area contributed by atoms with Crippen molar-refractivity contribution in [3.63, 3.8) is 0 Å². The quantitative estimate of drug-likeness (QED) is 0.619. The van der Waals surface area contributed by atoms with E-state index in [1.807, 2.05) is 12.1 Å². The number of fused-ring (bicyclic) bond motifs is 1. The minimum absolute atomic E-state index is 0.0136. The van der Waals surface area contributed by atoms with Crippen LogP contribution in [-0.4, -0.2) is 33.1 Å². The van der Waals surface area contributed by atoms with Crippen LogP contribution in [0.4, 0.5) is 5.69 Å². The molecule has 0 amide bonds. The van der Waals surface area contributed by atoms with Gasteiger partial charge in [0.15, 0.2) is 11.5 Å². The normalized spacial score (nSPS) is 13.4. The molecule has 0 aliphatic carbocycles. The molecule has 0 saturated carbocycles. The Hall–Kier alpha value is -2.65. The van der Waals surface area contributed by atoms with Crippen LogP contribution in [0.15, 0.2) is 47.4 Å². The second-order valence-corrected chi connectivity index (χ2v) is 7.14. The highest BCUT2D eigenvalue weighted by Gasteiger charge is 2.16. The lowest BCUT2D eigenvalue weighted by Gasteiger charge is -2.18. The summed E-state index contributed by atoms with van der Waals surface area (Å²) in [4.78, 5) is 10.0. The predicted molar refractivity (Wildman–Crippen MR) is 89.4 cm³/mol. The Morgan fingerprint density at radius 3 is 2.40 bits per heavy atom. The summed E-state index contributed by atoms with van der Waals surface area (Å²) in [7, 11) is -3.72. The molecule has 0 atom stereocenters. The number of non-ortho nitro benzene ring substituents is 1. The summed E-state index contributed by atoms with van der Waals surface area (Å²) in [6, 6.07) is 10.2. The Labute approximate surface area is 144 Å². The van der Waals surface area contributed by atoms with Crippen molar-refractivity contribution < 1.29 is 22.8 Å². The molecule has 25 heavy (non-hydrogen) atoms. The third-order valence-electron chi connectivity index (χ3n) is 3.67. The van der Waals surface area contributed by atoms with Crippen molar-refractivity contribution in [3.8, 4) is 11.5 Å². The predicted octanol–water partition coefficient (Wildman–Crippen LogP) is 1.89. The molecular weight excluding hydrogens is 348 g/mol. The zero-order valence-electron chi connectivity index (χ0n) is 13.2. The molecule has 1 aliphatic heterocycles. The van der Waals surface area contributed by atoms with Gasteiger partial charge in [-0.25, -0.2) is 13.1 Å². The molecule has 0 radical (unpaired) electrons. The number of rotatable bonds is 6. The average molecular weight is 364 g/mol. The SMILES string of the molecule is O=[N+]([O-])c1ccc(S(=O)(=O)NCCc2ccc3c(c2)OCCO3)cc1. The molecule has 0 saturated heterocycles. The maximum Gasteiger partial charge on any atom is 0.269 e. The molecule has 1 N–H and O–H groups in total. The van der Waals surface area contributed by atoms with Gasteiger partial charge in [-0.2, -0.15) is 0 Å². The fourth-order valence-corrected chi connectivity index (χ4v) is 3.44. The van der Waals surface area contributed by atoms with E-state index in [9.17, 15) is 18.5 Å². The number of sulfonamides is 1. The number of hydrogen-bond donors (Lipinski definition) is 1. The van der Waals surface area contributed by atoms with E-state index in [1.54, 1.807) is 6.07 Å². The van der Waals surface area contributed by atoms with Gasteiger partial charge in [-0.3, -0.25) is 10.1 Å². The monoisotopic (exact) mass is 364 g/mol. The molecule has 3 rings (SSSR count). The number of ether oxygens (including phenoxy) is 2. The topological polar surface area (TPSA) is 108 Å². The average Bonchev–Trinajstić information content (AvgIpc) is 2.61. The van der Waals surface area contributed by atoms with Crippen LogP contribution in [0.1, 0.15) is 5.56 Å². The summed E-state index contributed by atoms with van der Waals surface area (Å²) in [6.07, 6.45) is 0.475. The summed E-state index contributed by atoms with van der Waals surface area (Å²) in [6.45, 7) is 1.20. The highest BCUT2D eigenvalue weighted by molar-refractivity contribution is 7.89. The standard InChI is InChI=1S/C16H16N2O6S/c19-18(20)13-2-4-14(5-3-13)25(21,22)17-8-7-12-1-6-15-16(11-12)24-10-9-23-15/h1-6,11,17H,7-10H2. The molecule has 0 aromatic heterocycles. The van der Waals surface area contributed by atoms with E-state index >= 15 is 0 Å². The van der Waals surface area contributed by atoms with Crippen LogP contribution in [0.3, 0.4) is 0 Å². The zero-order chi connectivity index (χ0) is 17.9. The number of benzene rings is 2. The number of hydrogen-bond acceptors (Lipinski definition) is 6. The van der Waals surface area contributed by atoms with Crippen LogP contribution in [0.5, 0.6) is 11.5 Å². The van der Waals surface area contributed by atoms with Crippen LogP contribution < -0.4 is 14.2 Å². The summed E-state index contributed by atoms with van der Waals surface area (Å²) in [5.74, 6) is 1.34. The first-order valence-electron chi connectivity index (χ1n) is 7.58. The van der Waals surface area contributed by atoms with Gasteiger partial charge in [0.05, 0.1) is 9.82 Å². The summed E-state index contributed by atoms with van der Waals surface area (Å²) >= 11 is 0. The summed E-state index contributed by atoms with van der Waals surface area (Å²) < 4.78 is 37.8. The van der Waals surface area contributed by atoms with E-state index < -0.39 is 14.9 Å². The molecule has 132 valence electrons. The van der Waals surface area contributed by atoms with Crippen molar-refractivity contribution in [1.82, 2.24) is 4.72 Å². The van der Waals surface area contributed by atoms with Crippen LogP contribution in [0.2, 0.25) is 0 Å². The van der Waals surface area contributed by atoms with E-state index in [4.69, 9.17) is 9.47 Å². The lowest BCUT2D eigenvalue weighted by Crippen LogP contribution is -2.26. The van der Waals surface area contributed by atoms with Crippen molar-refractivity contribution >= 4 is 15.7 Å². The smallest absolute Gasteiger partial charge is 0.269 e. The molecule has 9 heteroatoms. The Kier molecular flexibility index (Phi) is 4.86. The van der Waals surface area contributed by atoms with Crippen LogP contribution in [0, 0.1) is 10.1 Å². The first kappa shape index (κ1) is 17.2. The molecular formula is C16H16N2O6S. The number of nitro groups is 1. The van der Waals surface area contributed by atoms with E-state index in [0.29, 0.717) is 31.1 Å². The fraction of sp³-hybridized carbons (Fsp3) is 0.250. The molecule has 1 aliphatic rings. The van der Waals surface area contributed by atoms with Crippen LogP contribution in [0.25, 0.3) is 0 Å². The van der Waals surface area contributed by atoms with Crippen molar-refractivity contribution in [2.45, 2.75) is 11.3 Å². The molecule has 2 aromatic rings. The van der Waals surface area contributed by atoms with Crippen LogP contribution >= 0.6 is 0 Å². The molecule has 0 spiro atoms. The van der Waals surface area contributed by atoms with Crippen molar-refractivity contribution in [2.24, 2.45) is 0 Å². The van der Waals surface area contributed by atoms with E-state index in [-0.39, 0.29) is 17.1 Å². The third-order valence-corrected chi connectivity index (χ3v) is 5.15. The Bertz CT molecular complexity index is 880. The minimum Gasteiger partial charge on any atom is -0.486 e. The molecule has 0 unspecified atom stereocenters. The van der Waals surface area contributed by atoms with Gasteiger partial charge in [0, 0.05) is 18.7 Å². The zero-order valence-corrected chi connectivity index (χ0v) is 14.0. The number of nitrogens with zero attached hydrogens (tertiary/aromatic N) is 1. The largest absolute Gasteiger partial charge is 0.486 e. The van der Waals surface area contributed by atoms with Crippen LogP contribution in [-0.2, 0) is 16.4 Å². The Balaban J connectivity index is 1.61. The lowest BCUT2D eigenvalue weighted by molar-refractivity contribution is -0.384. The van der Waals surface area contributed by atoms with Crippen molar-refractivity contribution in [3.05, 3.63) is 58.1 Å². The Morgan fingerprint density at radius 2 is 1.72 bits per heavy atom. The maximum absolute atomic E-state index is 12.2. The highest BCUT2D eigenvalue weighted by atomic mass is 32.2. The van der Waals surface area contributed by atoms with Crippen molar-refractivity contribution in [1.29, 1.82) is 0 Å². The molecule has 2 aromatic carbocycles.